The number of sulfone groups is 1. The third-order valence-electron chi connectivity index (χ3n) is 6.11. The van der Waals surface area contributed by atoms with Crippen molar-refractivity contribution in [2.75, 3.05) is 12.8 Å². The van der Waals surface area contributed by atoms with Gasteiger partial charge in [0, 0.05) is 24.2 Å². The van der Waals surface area contributed by atoms with Crippen molar-refractivity contribution in [1.82, 2.24) is 15.2 Å². The Hall–Kier alpha value is -3.23. The van der Waals surface area contributed by atoms with Gasteiger partial charge in [-0.25, -0.2) is 26.0 Å². The van der Waals surface area contributed by atoms with Crippen LogP contribution in [0.15, 0.2) is 35.5 Å². The summed E-state index contributed by atoms with van der Waals surface area (Å²) in [5.74, 6) is -10.1. The molecule has 2 heterocycles. The monoisotopic (exact) mass is 553 g/mol. The molecule has 0 bridgehead atoms. The number of halogens is 7. The van der Waals surface area contributed by atoms with Crippen LogP contribution in [0.3, 0.4) is 0 Å². The summed E-state index contributed by atoms with van der Waals surface area (Å²) < 4.78 is 120. The van der Waals surface area contributed by atoms with Gasteiger partial charge < -0.3 is 10.2 Å². The lowest BCUT2D eigenvalue weighted by Gasteiger charge is -2.46. The lowest BCUT2D eigenvalue weighted by Crippen LogP contribution is -2.71. The summed E-state index contributed by atoms with van der Waals surface area (Å²) in [6, 6.07) is -2.70. The van der Waals surface area contributed by atoms with E-state index in [0.29, 0.717) is 17.7 Å². The molecular weight excluding hydrogens is 535 g/mol. The first-order valence-corrected chi connectivity index (χ1v) is 12.6. The normalized spacial score (nSPS) is 20.2. The highest BCUT2D eigenvalue weighted by molar-refractivity contribution is 7.90. The largest absolute Gasteiger partial charge is 0.419 e. The molecule has 15 heteroatoms. The van der Waals surface area contributed by atoms with E-state index < -0.39 is 81.1 Å². The molecule has 1 saturated carbocycles. The van der Waals surface area contributed by atoms with Gasteiger partial charge in [-0.1, -0.05) is 0 Å². The second kappa shape index (κ2) is 8.96. The number of hydrogen-bond acceptors (Lipinski definition) is 5. The van der Waals surface area contributed by atoms with Crippen molar-refractivity contribution >= 4 is 21.7 Å². The van der Waals surface area contributed by atoms with E-state index in [4.69, 9.17) is 0 Å². The van der Waals surface area contributed by atoms with Crippen molar-refractivity contribution in [3.05, 3.63) is 58.9 Å². The fourth-order valence-electron chi connectivity index (χ4n) is 4.08. The molecule has 37 heavy (non-hydrogen) atoms. The molecule has 1 N–H and O–H groups in total. The van der Waals surface area contributed by atoms with Gasteiger partial charge in [0.15, 0.2) is 15.9 Å². The van der Waals surface area contributed by atoms with Crippen LogP contribution in [-0.4, -0.2) is 54.9 Å². The lowest BCUT2D eigenvalue weighted by atomic mass is 9.93. The fraction of sp³-hybridized carbons (Fsp3) is 0.409. The zero-order valence-electron chi connectivity index (χ0n) is 18.8. The summed E-state index contributed by atoms with van der Waals surface area (Å²) in [5, 5.41) is 2.14. The van der Waals surface area contributed by atoms with Crippen LogP contribution in [0.2, 0.25) is 0 Å². The van der Waals surface area contributed by atoms with E-state index in [1.54, 1.807) is 0 Å². The molecule has 0 spiro atoms. The third-order valence-corrected chi connectivity index (χ3v) is 7.19. The molecule has 1 aromatic carbocycles. The smallest absolute Gasteiger partial charge is 0.347 e. The number of likely N-dealkylation sites (tertiary alicyclic amines) is 1. The molecule has 2 aromatic rings. The molecule has 200 valence electrons. The van der Waals surface area contributed by atoms with Gasteiger partial charge in [0.1, 0.15) is 11.6 Å². The minimum atomic E-state index is -5.18. The summed E-state index contributed by atoms with van der Waals surface area (Å²) in [6.07, 6.45) is -1.75. The number of nitrogens with zero attached hydrogens (tertiary/aromatic N) is 2. The summed E-state index contributed by atoms with van der Waals surface area (Å²) in [7, 11) is -3.79. The highest BCUT2D eigenvalue weighted by atomic mass is 32.2. The maximum atomic E-state index is 14.6. The van der Waals surface area contributed by atoms with E-state index in [1.165, 1.54) is 0 Å². The Bertz CT molecular complexity index is 1380. The lowest BCUT2D eigenvalue weighted by molar-refractivity contribution is -0.178. The van der Waals surface area contributed by atoms with Crippen LogP contribution >= 0.6 is 0 Å². The highest BCUT2D eigenvalue weighted by Crippen LogP contribution is 2.44. The van der Waals surface area contributed by atoms with Gasteiger partial charge in [-0.05, 0) is 37.0 Å². The average molecular weight is 553 g/mol. The zero-order valence-corrected chi connectivity index (χ0v) is 19.6. The topological polar surface area (TPSA) is 96.4 Å². The number of hydrogen-bond donors (Lipinski definition) is 1. The van der Waals surface area contributed by atoms with E-state index in [-0.39, 0.29) is 22.6 Å². The first kappa shape index (κ1) is 26.8. The second-order valence-corrected chi connectivity index (χ2v) is 11.0. The maximum Gasteiger partial charge on any atom is 0.419 e. The van der Waals surface area contributed by atoms with Gasteiger partial charge >= 0.3 is 6.18 Å². The van der Waals surface area contributed by atoms with Crippen molar-refractivity contribution in [2.45, 2.75) is 41.9 Å². The van der Waals surface area contributed by atoms with Crippen molar-refractivity contribution in [3.8, 4) is 0 Å². The molecule has 2 atom stereocenters. The first-order chi connectivity index (χ1) is 17.0. The number of carbonyl (C=O) groups is 2. The first-order valence-electron chi connectivity index (χ1n) is 10.7. The standard InChI is InChI=1S/C22H18F7N3O4S/c1-37(35,36)12-4-11(7-30-8-12)20(34)32-9-21(25,26)18(32)19(33)31-17(10-2-3-10)13-5-16(24)14(6-15(13)23)22(27,28)29/h4-8,10,17-18H,2-3,9H2,1H3,(H,31,33)/t17-,18?/m1/s1. The van der Waals surface area contributed by atoms with Crippen LogP contribution < -0.4 is 5.32 Å². The molecule has 4 rings (SSSR count). The van der Waals surface area contributed by atoms with Crippen LogP contribution in [0.5, 0.6) is 0 Å². The van der Waals surface area contributed by atoms with Crippen LogP contribution in [0.25, 0.3) is 0 Å². The molecule has 1 saturated heterocycles. The Morgan fingerprint density at radius 1 is 1.11 bits per heavy atom. The number of benzene rings is 1. The summed E-state index contributed by atoms with van der Waals surface area (Å²) in [4.78, 5) is 29.4. The van der Waals surface area contributed by atoms with Crippen molar-refractivity contribution < 1.29 is 48.7 Å². The van der Waals surface area contributed by atoms with Gasteiger partial charge in [0.2, 0.25) is 5.91 Å². The Balaban J connectivity index is 1.60. The SMILES string of the molecule is CS(=O)(=O)c1cncc(C(=O)N2CC(F)(F)C2C(=O)N[C@@H](c2cc(F)c(C(F)(F)F)cc2F)C2CC2)c1. The molecule has 2 fully saturated rings. The van der Waals surface area contributed by atoms with Crippen LogP contribution in [0.4, 0.5) is 30.7 Å². The summed E-state index contributed by atoms with van der Waals surface area (Å²) in [6.45, 7) is -1.19. The molecule has 2 aliphatic rings. The quantitative estimate of drug-likeness (QED) is 0.553. The Kier molecular flexibility index (Phi) is 6.49. The van der Waals surface area contributed by atoms with Gasteiger partial charge in [-0.3, -0.25) is 14.6 Å². The van der Waals surface area contributed by atoms with Crippen LogP contribution in [-0.2, 0) is 20.8 Å². The molecule has 2 amide bonds. The Morgan fingerprint density at radius 3 is 2.30 bits per heavy atom. The number of pyridine rings is 1. The third kappa shape index (κ3) is 5.26. The van der Waals surface area contributed by atoms with E-state index >= 15 is 0 Å². The van der Waals surface area contributed by atoms with Crippen LogP contribution in [0, 0.1) is 17.6 Å². The van der Waals surface area contributed by atoms with Gasteiger partial charge in [-0.15, -0.1) is 0 Å². The molecule has 1 aromatic heterocycles. The van der Waals surface area contributed by atoms with Crippen molar-refractivity contribution in [3.63, 3.8) is 0 Å². The predicted molar refractivity (Wildman–Crippen MR) is 112 cm³/mol. The van der Waals surface area contributed by atoms with Gasteiger partial charge in [-0.2, -0.15) is 13.2 Å². The molecule has 1 aliphatic heterocycles. The zero-order chi connectivity index (χ0) is 27.5. The number of amides is 2. The number of aromatic nitrogens is 1. The van der Waals surface area contributed by atoms with Crippen molar-refractivity contribution in [1.29, 1.82) is 0 Å². The summed E-state index contributed by atoms with van der Waals surface area (Å²) >= 11 is 0. The van der Waals surface area contributed by atoms with Crippen molar-refractivity contribution in [2.24, 2.45) is 5.92 Å². The number of rotatable bonds is 6. The molecule has 7 nitrogen and oxygen atoms in total. The summed E-state index contributed by atoms with van der Waals surface area (Å²) in [5.41, 5.74) is -2.89. The second-order valence-electron chi connectivity index (χ2n) is 8.95. The average Bonchev–Trinajstić information content (AvgIpc) is 3.61. The van der Waals surface area contributed by atoms with Gasteiger partial charge in [0.05, 0.1) is 28.6 Å². The molecule has 0 radical (unpaired) electrons. The van der Waals surface area contributed by atoms with E-state index in [2.05, 4.69) is 10.3 Å². The molecular formula is C22H18F7N3O4S. The highest BCUT2D eigenvalue weighted by Gasteiger charge is 2.61. The Morgan fingerprint density at radius 2 is 1.76 bits per heavy atom. The van der Waals surface area contributed by atoms with Crippen LogP contribution in [0.1, 0.15) is 40.4 Å². The van der Waals surface area contributed by atoms with E-state index in [9.17, 15) is 48.7 Å². The predicted octanol–water partition coefficient (Wildman–Crippen LogP) is 3.51. The van der Waals surface area contributed by atoms with Gasteiger partial charge in [0.25, 0.3) is 11.8 Å². The molecule has 1 unspecified atom stereocenters. The number of nitrogens with one attached hydrogen (secondary N) is 1. The minimum Gasteiger partial charge on any atom is -0.347 e. The maximum absolute atomic E-state index is 14.6. The molecule has 1 aliphatic carbocycles. The fourth-order valence-corrected chi connectivity index (χ4v) is 4.67. The van der Waals surface area contributed by atoms with E-state index in [1.807, 2.05) is 0 Å². The minimum absolute atomic E-state index is 0.0677. The number of alkyl halides is 5. The number of carbonyl (C=O) groups excluding carboxylic acids is 2. The van der Waals surface area contributed by atoms with E-state index in [0.717, 1.165) is 24.7 Å². The Labute approximate surface area is 205 Å².